The molecule has 0 aromatic heterocycles. The molecule has 1 fully saturated rings. The first-order chi connectivity index (χ1) is 15.8. The van der Waals surface area contributed by atoms with E-state index in [1.807, 2.05) is 30.3 Å². The Hall–Kier alpha value is -2.42. The Kier molecular flexibility index (Phi) is 8.51. The van der Waals surface area contributed by atoms with Crippen molar-refractivity contribution >= 4 is 33.6 Å². The molecule has 7 nitrogen and oxygen atoms in total. The van der Waals surface area contributed by atoms with Gasteiger partial charge in [-0.05, 0) is 55.4 Å². The second-order valence-corrected chi connectivity index (χ2v) is 10.2. The number of esters is 2. The summed E-state index contributed by atoms with van der Waals surface area (Å²) >= 11 is 6.18. The molecule has 0 aliphatic carbocycles. The topological polar surface area (TPSA) is 90.0 Å². The summed E-state index contributed by atoms with van der Waals surface area (Å²) in [5, 5.41) is 0.0502. The number of benzene rings is 2. The molecule has 1 aliphatic heterocycles. The van der Waals surface area contributed by atoms with Gasteiger partial charge in [-0.1, -0.05) is 41.9 Å². The van der Waals surface area contributed by atoms with Crippen molar-refractivity contribution in [2.24, 2.45) is 5.92 Å². The van der Waals surface area contributed by atoms with Gasteiger partial charge in [0.15, 0.2) is 0 Å². The molecule has 0 bridgehead atoms. The van der Waals surface area contributed by atoms with Gasteiger partial charge < -0.3 is 9.47 Å². The molecule has 178 valence electrons. The van der Waals surface area contributed by atoms with Gasteiger partial charge >= 0.3 is 11.9 Å². The summed E-state index contributed by atoms with van der Waals surface area (Å²) < 4.78 is 37.8. The molecule has 1 aliphatic rings. The fraction of sp³-hybridized carbons (Fsp3) is 0.417. The second kappa shape index (κ2) is 11.1. The largest absolute Gasteiger partial charge is 0.466 e. The van der Waals surface area contributed by atoms with Crippen LogP contribution in [0.5, 0.6) is 0 Å². The molecule has 9 heteroatoms. The molecular formula is C24H28ClNO6S. The van der Waals surface area contributed by atoms with Crippen LogP contribution in [0.4, 0.5) is 0 Å². The molecular weight excluding hydrogens is 466 g/mol. The van der Waals surface area contributed by atoms with Crippen molar-refractivity contribution in [3.8, 4) is 0 Å². The van der Waals surface area contributed by atoms with Gasteiger partial charge in [0.1, 0.15) is 4.90 Å². The second-order valence-electron chi connectivity index (χ2n) is 7.90. The minimum atomic E-state index is -3.90. The Morgan fingerprint density at radius 1 is 1.12 bits per heavy atom. The number of rotatable bonds is 8. The van der Waals surface area contributed by atoms with Crippen molar-refractivity contribution in [3.05, 3.63) is 64.7 Å². The predicted molar refractivity (Wildman–Crippen MR) is 125 cm³/mol. The van der Waals surface area contributed by atoms with Gasteiger partial charge in [-0.2, -0.15) is 4.31 Å². The summed E-state index contributed by atoms with van der Waals surface area (Å²) in [6, 6.07) is 13.8. The lowest BCUT2D eigenvalue weighted by molar-refractivity contribution is -0.144. The summed E-state index contributed by atoms with van der Waals surface area (Å²) in [5.41, 5.74) is 1.16. The third-order valence-corrected chi connectivity index (χ3v) is 8.34. The number of ether oxygens (including phenoxy) is 2. The average molecular weight is 494 g/mol. The zero-order valence-electron chi connectivity index (χ0n) is 18.7. The van der Waals surface area contributed by atoms with Crippen molar-refractivity contribution in [1.82, 2.24) is 4.31 Å². The van der Waals surface area contributed by atoms with Crippen molar-refractivity contribution in [2.75, 3.05) is 26.8 Å². The van der Waals surface area contributed by atoms with Crippen LogP contribution in [0, 0.1) is 5.92 Å². The first kappa shape index (κ1) is 25.2. The lowest BCUT2D eigenvalue weighted by atomic mass is 9.78. The first-order valence-electron chi connectivity index (χ1n) is 10.9. The molecule has 2 aromatic rings. The Labute approximate surface area is 199 Å². The van der Waals surface area contributed by atoms with E-state index in [9.17, 15) is 18.0 Å². The summed E-state index contributed by atoms with van der Waals surface area (Å²) in [7, 11) is -2.67. The van der Waals surface area contributed by atoms with E-state index in [0.29, 0.717) is 19.4 Å². The van der Waals surface area contributed by atoms with Crippen LogP contribution in [-0.2, 0) is 24.3 Å². The maximum Gasteiger partial charge on any atom is 0.337 e. The van der Waals surface area contributed by atoms with Gasteiger partial charge in [0.2, 0.25) is 10.0 Å². The highest BCUT2D eigenvalue weighted by Gasteiger charge is 2.35. The highest BCUT2D eigenvalue weighted by atomic mass is 35.5. The van der Waals surface area contributed by atoms with Crippen molar-refractivity contribution in [1.29, 1.82) is 0 Å². The van der Waals surface area contributed by atoms with Crippen LogP contribution in [0.3, 0.4) is 0 Å². The summed E-state index contributed by atoms with van der Waals surface area (Å²) in [6.07, 6.45) is 1.43. The number of nitrogens with zero attached hydrogens (tertiary/aromatic N) is 1. The Morgan fingerprint density at radius 2 is 1.79 bits per heavy atom. The first-order valence-corrected chi connectivity index (χ1v) is 12.7. The minimum Gasteiger partial charge on any atom is -0.466 e. The molecule has 33 heavy (non-hydrogen) atoms. The van der Waals surface area contributed by atoms with Crippen LogP contribution < -0.4 is 0 Å². The standard InChI is InChI=1S/C24H28ClNO6S/c1-3-32-23(27)16-20(17-7-5-4-6-8-17)18-11-13-26(14-12-18)33(29,30)22-15-19(24(28)31-2)9-10-21(22)25/h4-10,15,18,20H,3,11-14,16H2,1-2H3/t20-/m0/s1. The van der Waals surface area contributed by atoms with Crippen molar-refractivity contribution < 1.29 is 27.5 Å². The lowest BCUT2D eigenvalue weighted by Gasteiger charge is -2.35. The van der Waals surface area contributed by atoms with Gasteiger partial charge in [0.25, 0.3) is 0 Å². The van der Waals surface area contributed by atoms with Gasteiger partial charge in [0.05, 0.1) is 30.7 Å². The number of carbonyl (C=O) groups is 2. The van der Waals surface area contributed by atoms with Gasteiger partial charge in [-0.25, -0.2) is 13.2 Å². The van der Waals surface area contributed by atoms with Crippen LogP contribution in [0.1, 0.15) is 48.0 Å². The van der Waals surface area contributed by atoms with E-state index >= 15 is 0 Å². The smallest absolute Gasteiger partial charge is 0.337 e. The quantitative estimate of drug-likeness (QED) is 0.510. The number of carbonyl (C=O) groups excluding carboxylic acids is 2. The summed E-state index contributed by atoms with van der Waals surface area (Å²) in [4.78, 5) is 24.0. The Balaban J connectivity index is 1.78. The molecule has 0 amide bonds. The van der Waals surface area contributed by atoms with Crippen LogP contribution in [0.2, 0.25) is 5.02 Å². The monoisotopic (exact) mass is 493 g/mol. The van der Waals surface area contributed by atoms with Crippen LogP contribution in [-0.4, -0.2) is 51.5 Å². The fourth-order valence-corrected chi connectivity index (χ4v) is 6.23. The lowest BCUT2D eigenvalue weighted by Crippen LogP contribution is -2.40. The molecule has 3 rings (SSSR count). The number of sulfonamides is 1. The van der Waals surface area contributed by atoms with Gasteiger partial charge in [-0.15, -0.1) is 0 Å². The van der Waals surface area contributed by atoms with E-state index in [0.717, 1.165) is 5.56 Å². The number of hydrogen-bond donors (Lipinski definition) is 0. The van der Waals surface area contributed by atoms with E-state index in [1.54, 1.807) is 6.92 Å². The van der Waals surface area contributed by atoms with Gasteiger partial charge in [0, 0.05) is 13.1 Å². The Morgan fingerprint density at radius 3 is 2.39 bits per heavy atom. The molecule has 1 heterocycles. The van der Waals surface area contributed by atoms with Crippen LogP contribution in [0.25, 0.3) is 0 Å². The van der Waals surface area contributed by atoms with Crippen LogP contribution >= 0.6 is 11.6 Å². The molecule has 1 saturated heterocycles. The maximum absolute atomic E-state index is 13.3. The van der Waals surface area contributed by atoms with Crippen molar-refractivity contribution in [2.45, 2.75) is 37.0 Å². The molecule has 2 aromatic carbocycles. The number of hydrogen-bond acceptors (Lipinski definition) is 6. The Bertz CT molecular complexity index is 1080. The van der Waals surface area contributed by atoms with Crippen LogP contribution in [0.15, 0.2) is 53.4 Å². The molecule has 0 unspecified atom stereocenters. The summed E-state index contributed by atoms with van der Waals surface area (Å²) in [6.45, 7) is 2.68. The average Bonchev–Trinajstić information content (AvgIpc) is 2.83. The van der Waals surface area contributed by atoms with E-state index in [4.69, 9.17) is 21.1 Å². The highest BCUT2D eigenvalue weighted by molar-refractivity contribution is 7.89. The minimum absolute atomic E-state index is 0.0502. The molecule has 0 radical (unpaired) electrons. The van der Waals surface area contributed by atoms with Gasteiger partial charge in [-0.3, -0.25) is 4.79 Å². The van der Waals surface area contributed by atoms with E-state index in [1.165, 1.54) is 29.6 Å². The summed E-state index contributed by atoms with van der Waals surface area (Å²) in [5.74, 6) is -0.819. The molecule has 0 saturated carbocycles. The van der Waals surface area contributed by atoms with E-state index < -0.39 is 16.0 Å². The normalized spacial score (nSPS) is 16.2. The zero-order chi connectivity index (χ0) is 24.0. The molecule has 0 N–H and O–H groups in total. The van der Waals surface area contributed by atoms with E-state index in [-0.39, 0.29) is 52.8 Å². The number of methoxy groups -OCH3 is 1. The molecule has 1 atom stereocenters. The number of piperidine rings is 1. The molecule has 0 spiro atoms. The van der Waals surface area contributed by atoms with E-state index in [2.05, 4.69) is 0 Å². The number of halogens is 1. The maximum atomic E-state index is 13.3. The SMILES string of the molecule is CCOC(=O)C[C@@H](c1ccccc1)C1CCN(S(=O)(=O)c2cc(C(=O)OC)ccc2Cl)CC1. The third-order valence-electron chi connectivity index (χ3n) is 5.96. The third kappa shape index (κ3) is 5.93. The van der Waals surface area contributed by atoms with Crippen molar-refractivity contribution in [3.63, 3.8) is 0 Å². The predicted octanol–water partition coefficient (Wildman–Crippen LogP) is 4.26. The highest BCUT2D eigenvalue weighted by Crippen LogP contribution is 2.37. The zero-order valence-corrected chi connectivity index (χ0v) is 20.3. The fourth-order valence-electron chi connectivity index (χ4n) is 4.26.